The Bertz CT molecular complexity index is 1460. The highest BCUT2D eigenvalue weighted by atomic mass is 32.2. The van der Waals surface area contributed by atoms with Crippen molar-refractivity contribution in [3.63, 3.8) is 0 Å². The van der Waals surface area contributed by atoms with E-state index >= 15 is 0 Å². The molecular formula is C43H70N6O5S2. The van der Waals surface area contributed by atoms with Gasteiger partial charge in [-0.3, -0.25) is 19.4 Å². The van der Waals surface area contributed by atoms with Gasteiger partial charge in [0, 0.05) is 29.1 Å². The molecule has 4 rings (SSSR count). The Kier molecular flexibility index (Phi) is 29.2. The summed E-state index contributed by atoms with van der Waals surface area (Å²) in [5.41, 5.74) is 1.80. The second-order valence-electron chi connectivity index (χ2n) is 14.4. The number of likely N-dealkylation sites (N-methyl/N-ethyl adjacent to an activating group) is 1. The molecule has 1 saturated heterocycles. The molecule has 314 valence electrons. The second kappa shape index (κ2) is 30.2. The zero-order valence-electron chi connectivity index (χ0n) is 34.8. The topological polar surface area (TPSA) is 161 Å². The fourth-order valence-electron chi connectivity index (χ4n) is 5.32. The average molecular weight is 815 g/mol. The van der Waals surface area contributed by atoms with E-state index in [2.05, 4.69) is 91.3 Å². The molecule has 4 atom stereocenters. The highest BCUT2D eigenvalue weighted by Gasteiger charge is 2.60. The lowest BCUT2D eigenvalue weighted by Crippen LogP contribution is -2.51. The molecule has 4 N–H and O–H groups in total. The van der Waals surface area contributed by atoms with Crippen molar-refractivity contribution >= 4 is 52.9 Å². The van der Waals surface area contributed by atoms with Crippen LogP contribution in [-0.4, -0.2) is 86.4 Å². The summed E-state index contributed by atoms with van der Waals surface area (Å²) in [6.07, 6.45) is 29.0. The van der Waals surface area contributed by atoms with Crippen molar-refractivity contribution in [2.24, 2.45) is 22.7 Å². The summed E-state index contributed by atoms with van der Waals surface area (Å²) in [6.45, 7) is 29.1. The lowest BCUT2D eigenvalue weighted by atomic mass is 10.1. The highest BCUT2D eigenvalue weighted by molar-refractivity contribution is 7.98. The van der Waals surface area contributed by atoms with Crippen LogP contribution in [0.15, 0.2) is 79.2 Å². The first-order chi connectivity index (χ1) is 26.6. The molecule has 0 aromatic heterocycles. The van der Waals surface area contributed by atoms with Crippen molar-refractivity contribution in [3.05, 3.63) is 74.2 Å². The van der Waals surface area contributed by atoms with Crippen LogP contribution in [0, 0.1) is 36.0 Å². The Hall–Kier alpha value is -3.99. The van der Waals surface area contributed by atoms with Crippen molar-refractivity contribution in [1.29, 1.82) is 5.41 Å². The normalized spacial score (nSPS) is 21.6. The number of carbonyl (C=O) groups excluding carboxylic acids is 3. The van der Waals surface area contributed by atoms with Crippen molar-refractivity contribution < 1.29 is 22.8 Å². The van der Waals surface area contributed by atoms with Crippen molar-refractivity contribution in [2.75, 3.05) is 19.3 Å². The number of likely N-dealkylation sites (tertiary alicyclic amines) is 1. The van der Waals surface area contributed by atoms with Crippen LogP contribution in [0.5, 0.6) is 0 Å². The number of carbonyl (C=O) groups is 3. The Morgan fingerprint density at radius 1 is 1.09 bits per heavy atom. The number of nitrogens with zero attached hydrogens (tertiary/aromatic N) is 2. The molecule has 3 saturated carbocycles. The van der Waals surface area contributed by atoms with Gasteiger partial charge in [-0.1, -0.05) is 70.9 Å². The fourth-order valence-corrected chi connectivity index (χ4v) is 7.13. The zero-order chi connectivity index (χ0) is 43.3. The van der Waals surface area contributed by atoms with Crippen LogP contribution >= 0.6 is 11.9 Å². The van der Waals surface area contributed by atoms with E-state index in [1.165, 1.54) is 24.8 Å². The molecule has 13 heteroatoms. The van der Waals surface area contributed by atoms with Gasteiger partial charge in [0.1, 0.15) is 24.2 Å². The largest absolute Gasteiger partial charge is 0.373 e. The fraction of sp³-hybridized carbons (Fsp3) is 0.558. The van der Waals surface area contributed by atoms with E-state index in [1.54, 1.807) is 12.2 Å². The highest BCUT2D eigenvalue weighted by Crippen LogP contribution is 2.46. The van der Waals surface area contributed by atoms with Crippen LogP contribution in [0.4, 0.5) is 0 Å². The van der Waals surface area contributed by atoms with Crippen LogP contribution in [0.2, 0.25) is 0 Å². The van der Waals surface area contributed by atoms with Gasteiger partial charge >= 0.3 is 0 Å². The van der Waals surface area contributed by atoms with Crippen LogP contribution in [-0.2, 0) is 24.4 Å². The number of aliphatic imine (C=N–C) groups is 1. The minimum Gasteiger partial charge on any atom is -0.373 e. The minimum atomic E-state index is -3.54. The predicted octanol–water partition coefficient (Wildman–Crippen LogP) is 7.37. The smallest absolute Gasteiger partial charge is 0.259 e. The Morgan fingerprint density at radius 3 is 2.12 bits per heavy atom. The summed E-state index contributed by atoms with van der Waals surface area (Å²) < 4.78 is 29.4. The maximum atomic E-state index is 12.6. The molecule has 11 nitrogen and oxygen atoms in total. The van der Waals surface area contributed by atoms with E-state index in [4.69, 9.17) is 5.41 Å². The van der Waals surface area contributed by atoms with Crippen LogP contribution < -0.4 is 14.8 Å². The Balaban J connectivity index is 0. The first kappa shape index (κ1) is 54.1. The molecule has 3 unspecified atom stereocenters. The molecule has 1 aliphatic heterocycles. The van der Waals surface area contributed by atoms with Gasteiger partial charge < -0.3 is 25.0 Å². The van der Waals surface area contributed by atoms with Gasteiger partial charge in [0.2, 0.25) is 10.0 Å². The lowest BCUT2D eigenvalue weighted by molar-refractivity contribution is -0.122. The standard InChI is InChI=1S/C16H25N3O3S.C12H17NO.C8H13NOS.C4H10.C2H2.CH3N/c1-4-12-10-16(12,15(20)18-23(21,22)13-7-8-13)17-11(2)14-6-5-9-19(14)3;1-4-6-7-9-12(10-14)13-11(3)8-5-2;1-7(6-8-2-3-8)9-11-5-4-10;1-4(2)3;2*1-2/h4,12-14,17H,1-2,5-10H2,3H3,(H,18,20);4-8,10,12H,1,9H2,2-3H3;4,8-9H,1-3,5-6H2;4H,1-3H3;1-2H;2H,1H2/b;7-6+,8-5-,13-11?;;;;/t12?,14-,16?;;;;;/m0...../s1. The quantitative estimate of drug-likeness (QED) is 0.0199. The Labute approximate surface area is 343 Å². The molecule has 1 amide bonds. The molecule has 1 heterocycles. The molecule has 3 aliphatic carbocycles. The van der Waals surface area contributed by atoms with Gasteiger partial charge in [0.05, 0.1) is 11.0 Å². The number of terminal acetylenes is 1. The first-order valence-electron chi connectivity index (χ1n) is 19.0. The minimum absolute atomic E-state index is 0.0691. The maximum Gasteiger partial charge on any atom is 0.259 e. The summed E-state index contributed by atoms with van der Waals surface area (Å²) >= 11 is 1.41. The molecule has 56 heavy (non-hydrogen) atoms. The summed E-state index contributed by atoms with van der Waals surface area (Å²) in [6, 6.07) is -0.0896. The number of hydrogen-bond donors (Lipinski definition) is 4. The summed E-state index contributed by atoms with van der Waals surface area (Å²) in [7, 11) is -1.51. The van der Waals surface area contributed by atoms with E-state index in [9.17, 15) is 22.8 Å². The number of nitrogens with one attached hydrogen (secondary N) is 4. The van der Waals surface area contributed by atoms with Gasteiger partial charge in [0.25, 0.3) is 5.91 Å². The summed E-state index contributed by atoms with van der Waals surface area (Å²) in [5, 5.41) is 8.33. The number of rotatable bonds is 19. The lowest BCUT2D eigenvalue weighted by Gasteiger charge is -2.27. The van der Waals surface area contributed by atoms with Crippen LogP contribution in [0.25, 0.3) is 0 Å². The van der Waals surface area contributed by atoms with Gasteiger partial charge in [-0.2, -0.15) is 0 Å². The maximum absolute atomic E-state index is 12.6. The molecule has 0 spiro atoms. The molecular weight excluding hydrogens is 745 g/mol. The van der Waals surface area contributed by atoms with E-state index in [-0.39, 0.29) is 18.0 Å². The zero-order valence-corrected chi connectivity index (χ0v) is 36.4. The van der Waals surface area contributed by atoms with Gasteiger partial charge in [0.15, 0.2) is 0 Å². The molecule has 4 aliphatic rings. The SMILES string of the molecule is C#C.C=C(CC1CC1)NSCC=O.C=C/C=C/CC(C=O)N=C(C)/C=C\C.C=CC1CC1(NC(=C)[C@@H]1CCCN1C)C(=O)NS(=O)(=O)C1CC1.C=N.CC(C)C. The summed E-state index contributed by atoms with van der Waals surface area (Å²) in [4.78, 5) is 39.6. The number of allylic oxidation sites excluding steroid dienone is 5. The van der Waals surface area contributed by atoms with Gasteiger partial charge in [-0.15, -0.1) is 19.4 Å². The van der Waals surface area contributed by atoms with E-state index in [0.29, 0.717) is 31.4 Å². The first-order valence-corrected chi connectivity index (χ1v) is 21.6. The molecule has 0 bridgehead atoms. The second-order valence-corrected chi connectivity index (χ2v) is 17.2. The Morgan fingerprint density at radius 2 is 1.70 bits per heavy atom. The van der Waals surface area contributed by atoms with Crippen molar-refractivity contribution in [1.82, 2.24) is 19.7 Å². The monoisotopic (exact) mass is 814 g/mol. The molecule has 0 radical (unpaired) electrons. The van der Waals surface area contributed by atoms with Crippen molar-refractivity contribution in [3.8, 4) is 12.8 Å². The van der Waals surface area contributed by atoms with E-state index in [1.807, 2.05) is 45.2 Å². The van der Waals surface area contributed by atoms with Gasteiger partial charge in [-0.05, 0) is 122 Å². The summed E-state index contributed by atoms with van der Waals surface area (Å²) in [5.74, 6) is 1.66. The number of sulfonamides is 1. The predicted molar refractivity (Wildman–Crippen MR) is 239 cm³/mol. The van der Waals surface area contributed by atoms with Crippen LogP contribution in [0.1, 0.15) is 92.4 Å². The number of hydrogen-bond acceptors (Lipinski definition) is 11. The van der Waals surface area contributed by atoms with E-state index in [0.717, 1.165) is 67.3 Å². The number of amides is 1. The molecule has 0 aromatic rings. The third-order valence-electron chi connectivity index (χ3n) is 8.39. The van der Waals surface area contributed by atoms with Crippen molar-refractivity contribution in [2.45, 2.75) is 115 Å². The van der Waals surface area contributed by atoms with Gasteiger partial charge in [-0.25, -0.2) is 8.42 Å². The molecule has 4 fully saturated rings. The molecule has 0 aromatic carbocycles. The third-order valence-corrected chi connectivity index (χ3v) is 10.9. The average Bonchev–Trinajstić information content (AvgIpc) is 4.06. The third kappa shape index (κ3) is 23.2. The van der Waals surface area contributed by atoms with E-state index < -0.39 is 26.7 Å². The number of aldehydes is 2. The van der Waals surface area contributed by atoms with Crippen LogP contribution in [0.3, 0.4) is 0 Å².